The number of amides is 2. The van der Waals surface area contributed by atoms with Gasteiger partial charge in [-0.25, -0.2) is 4.68 Å². The summed E-state index contributed by atoms with van der Waals surface area (Å²) in [5, 5.41) is 8.42. The lowest BCUT2D eigenvalue weighted by molar-refractivity contribution is -0.131. The van der Waals surface area contributed by atoms with E-state index >= 15 is 0 Å². The summed E-state index contributed by atoms with van der Waals surface area (Å²) in [6.45, 7) is 4.73. The maximum absolute atomic E-state index is 13.2. The second-order valence-corrected chi connectivity index (χ2v) is 8.92. The van der Waals surface area contributed by atoms with Gasteiger partial charge in [-0.15, -0.1) is 5.10 Å². The topological polar surface area (TPSA) is 89.8 Å². The molecule has 0 radical (unpaired) electrons. The molecule has 0 bridgehead atoms. The van der Waals surface area contributed by atoms with Crippen LogP contribution in [0.2, 0.25) is 0 Å². The number of aromatic nitrogens is 3. The Balaban J connectivity index is 1.19. The molecule has 3 aromatic rings. The number of piperazine rings is 1. The summed E-state index contributed by atoms with van der Waals surface area (Å²) in [6, 6.07) is 15.7. The Morgan fingerprint density at radius 1 is 1.03 bits per heavy atom. The second kappa shape index (κ2) is 9.87. The fourth-order valence-electron chi connectivity index (χ4n) is 4.59. The molecule has 9 nitrogen and oxygen atoms in total. The third-order valence-electron chi connectivity index (χ3n) is 6.81. The Kier molecular flexibility index (Phi) is 6.50. The third kappa shape index (κ3) is 4.77. The zero-order valence-electron chi connectivity index (χ0n) is 20.0. The van der Waals surface area contributed by atoms with Crippen LogP contribution in [0.15, 0.2) is 48.5 Å². The van der Waals surface area contributed by atoms with Crippen LogP contribution in [0.3, 0.4) is 0 Å². The van der Waals surface area contributed by atoms with Crippen molar-refractivity contribution in [2.24, 2.45) is 0 Å². The van der Waals surface area contributed by atoms with Gasteiger partial charge < -0.3 is 19.3 Å². The predicted molar refractivity (Wildman–Crippen MR) is 128 cm³/mol. The Labute approximate surface area is 204 Å². The molecule has 1 atom stereocenters. The normalized spacial score (nSPS) is 17.7. The molecule has 1 saturated heterocycles. The number of fused-ring (bicyclic) bond motifs is 1. The summed E-state index contributed by atoms with van der Waals surface area (Å²) in [4.78, 5) is 29.6. The highest BCUT2D eigenvalue weighted by molar-refractivity contribution is 5.93. The first-order valence-electron chi connectivity index (χ1n) is 11.8. The molecule has 1 fully saturated rings. The van der Waals surface area contributed by atoms with E-state index in [0.717, 1.165) is 22.4 Å². The third-order valence-corrected chi connectivity index (χ3v) is 6.81. The van der Waals surface area contributed by atoms with Crippen LogP contribution in [0.25, 0.3) is 0 Å². The van der Waals surface area contributed by atoms with E-state index in [1.165, 1.54) is 0 Å². The Morgan fingerprint density at radius 3 is 2.46 bits per heavy atom. The fraction of sp³-hybridized carbons (Fsp3) is 0.385. The standard InChI is InChI=1S/C26H29N5O4/c1-18-5-3-4-6-20(18)15-24(32)29-11-13-30(14-12-29)26(33)25-22-17-35-23(16-31(22)28-27-25)19-7-9-21(34-2)10-8-19/h3-10,23H,11-17H2,1-2H3. The van der Waals surface area contributed by atoms with Gasteiger partial charge in [-0.1, -0.05) is 41.6 Å². The molecule has 9 heteroatoms. The Morgan fingerprint density at radius 2 is 1.74 bits per heavy atom. The minimum absolute atomic E-state index is 0.0883. The van der Waals surface area contributed by atoms with Crippen molar-refractivity contribution in [2.45, 2.75) is 32.6 Å². The zero-order chi connectivity index (χ0) is 24.4. The minimum atomic E-state index is -0.166. The molecule has 1 aromatic heterocycles. The lowest BCUT2D eigenvalue weighted by Crippen LogP contribution is -2.51. The summed E-state index contributed by atoms with van der Waals surface area (Å²) in [7, 11) is 1.63. The van der Waals surface area contributed by atoms with Crippen LogP contribution in [0.1, 0.15) is 39.0 Å². The summed E-state index contributed by atoms with van der Waals surface area (Å²) in [6.07, 6.45) is 0.215. The van der Waals surface area contributed by atoms with E-state index in [4.69, 9.17) is 9.47 Å². The Bertz CT molecular complexity index is 1210. The van der Waals surface area contributed by atoms with Crippen LogP contribution < -0.4 is 4.74 Å². The molecule has 0 aliphatic carbocycles. The van der Waals surface area contributed by atoms with Crippen molar-refractivity contribution < 1.29 is 19.1 Å². The van der Waals surface area contributed by atoms with Gasteiger partial charge in [0.25, 0.3) is 5.91 Å². The van der Waals surface area contributed by atoms with E-state index in [1.807, 2.05) is 60.4 Å². The number of hydrogen-bond acceptors (Lipinski definition) is 6. The molecule has 0 N–H and O–H groups in total. The SMILES string of the molecule is COc1ccc(C2Cn3nnc(C(=O)N4CCN(C(=O)Cc5ccccc5C)CC4)c3CO2)cc1. The lowest BCUT2D eigenvalue weighted by Gasteiger charge is -2.34. The summed E-state index contributed by atoms with van der Waals surface area (Å²) < 4.78 is 13.0. The number of ether oxygens (including phenoxy) is 2. The Hall–Kier alpha value is -3.72. The highest BCUT2D eigenvalue weighted by atomic mass is 16.5. The molecule has 0 saturated carbocycles. The van der Waals surface area contributed by atoms with Crippen LogP contribution in [0.5, 0.6) is 5.75 Å². The second-order valence-electron chi connectivity index (χ2n) is 8.92. The van der Waals surface area contributed by atoms with Gasteiger partial charge in [0.15, 0.2) is 5.69 Å². The van der Waals surface area contributed by atoms with Crippen molar-refractivity contribution >= 4 is 11.8 Å². The van der Waals surface area contributed by atoms with Crippen molar-refractivity contribution in [1.82, 2.24) is 24.8 Å². The summed E-state index contributed by atoms with van der Waals surface area (Å²) >= 11 is 0. The number of methoxy groups -OCH3 is 1. The molecular weight excluding hydrogens is 446 g/mol. The monoisotopic (exact) mass is 475 g/mol. The van der Waals surface area contributed by atoms with E-state index in [-0.39, 0.29) is 24.5 Å². The number of carbonyl (C=O) groups excluding carboxylic acids is 2. The van der Waals surface area contributed by atoms with Crippen LogP contribution >= 0.6 is 0 Å². The lowest BCUT2D eigenvalue weighted by atomic mass is 10.1. The van der Waals surface area contributed by atoms with E-state index in [1.54, 1.807) is 16.7 Å². The average molecular weight is 476 g/mol. The zero-order valence-corrected chi connectivity index (χ0v) is 20.0. The van der Waals surface area contributed by atoms with Gasteiger partial charge in [-0.3, -0.25) is 9.59 Å². The first-order chi connectivity index (χ1) is 17.0. The van der Waals surface area contributed by atoms with Crippen LogP contribution in [-0.2, 0) is 29.1 Å². The fourth-order valence-corrected chi connectivity index (χ4v) is 4.59. The average Bonchev–Trinajstić information content (AvgIpc) is 3.33. The van der Waals surface area contributed by atoms with Gasteiger partial charge >= 0.3 is 0 Å². The van der Waals surface area contributed by atoms with Crippen molar-refractivity contribution in [1.29, 1.82) is 0 Å². The molecule has 2 aliphatic rings. The van der Waals surface area contributed by atoms with E-state index in [0.29, 0.717) is 50.5 Å². The number of benzene rings is 2. The maximum atomic E-state index is 13.2. The molecule has 35 heavy (non-hydrogen) atoms. The number of nitrogens with zero attached hydrogens (tertiary/aromatic N) is 5. The molecule has 5 rings (SSSR count). The van der Waals surface area contributed by atoms with E-state index in [2.05, 4.69) is 10.3 Å². The number of rotatable bonds is 5. The number of hydrogen-bond donors (Lipinski definition) is 0. The van der Waals surface area contributed by atoms with Gasteiger partial charge in [-0.05, 0) is 35.7 Å². The molecule has 0 spiro atoms. The molecule has 2 aromatic carbocycles. The van der Waals surface area contributed by atoms with E-state index < -0.39 is 0 Å². The van der Waals surface area contributed by atoms with Gasteiger partial charge in [0, 0.05) is 26.2 Å². The van der Waals surface area contributed by atoms with Crippen LogP contribution in [0, 0.1) is 6.92 Å². The summed E-state index contributed by atoms with van der Waals surface area (Å²) in [5.41, 5.74) is 4.20. The van der Waals surface area contributed by atoms with Crippen molar-refractivity contribution in [3.63, 3.8) is 0 Å². The van der Waals surface area contributed by atoms with Crippen molar-refractivity contribution in [3.05, 3.63) is 76.6 Å². The largest absolute Gasteiger partial charge is 0.497 e. The molecule has 2 aliphatic heterocycles. The van der Waals surface area contributed by atoms with Gasteiger partial charge in [-0.2, -0.15) is 0 Å². The molecular formula is C26H29N5O4. The van der Waals surface area contributed by atoms with Crippen molar-refractivity contribution in [2.75, 3.05) is 33.3 Å². The van der Waals surface area contributed by atoms with Gasteiger partial charge in [0.05, 0.1) is 32.4 Å². The molecule has 3 heterocycles. The maximum Gasteiger partial charge on any atom is 0.276 e. The molecule has 182 valence electrons. The predicted octanol–water partition coefficient (Wildman–Crippen LogP) is 2.39. The number of aryl methyl sites for hydroxylation is 1. The molecule has 2 amide bonds. The van der Waals surface area contributed by atoms with Crippen molar-refractivity contribution in [3.8, 4) is 5.75 Å². The first kappa shape index (κ1) is 23.0. The van der Waals surface area contributed by atoms with Gasteiger partial charge in [0.2, 0.25) is 5.91 Å². The highest BCUT2D eigenvalue weighted by Gasteiger charge is 2.32. The smallest absolute Gasteiger partial charge is 0.276 e. The van der Waals surface area contributed by atoms with Gasteiger partial charge in [0.1, 0.15) is 11.9 Å². The minimum Gasteiger partial charge on any atom is -0.497 e. The highest BCUT2D eigenvalue weighted by Crippen LogP contribution is 2.28. The van der Waals surface area contributed by atoms with E-state index in [9.17, 15) is 9.59 Å². The van der Waals surface area contributed by atoms with Crippen LogP contribution in [0.4, 0.5) is 0 Å². The summed E-state index contributed by atoms with van der Waals surface area (Å²) in [5.74, 6) is 0.713. The quantitative estimate of drug-likeness (QED) is 0.563. The number of carbonyl (C=O) groups is 2. The van der Waals surface area contributed by atoms with Crippen LogP contribution in [-0.4, -0.2) is 69.9 Å². The molecule has 1 unspecified atom stereocenters. The first-order valence-corrected chi connectivity index (χ1v) is 11.8.